The van der Waals surface area contributed by atoms with Gasteiger partial charge in [-0.15, -0.1) is 0 Å². The zero-order valence-electron chi connectivity index (χ0n) is 21.3. The minimum atomic E-state index is -0.221. The van der Waals surface area contributed by atoms with E-state index in [9.17, 15) is 4.79 Å². The Labute approximate surface area is 203 Å². The Morgan fingerprint density at radius 3 is 2.71 bits per heavy atom. The molecule has 0 spiro atoms. The number of benzene rings is 1. The summed E-state index contributed by atoms with van der Waals surface area (Å²) in [5.41, 5.74) is 8.67. The zero-order chi connectivity index (χ0) is 24.5. The SMILES string of the molecule is CNc1c2c(nc3c1C(c1ccccc1C)C(C(=O)COCCOC)=C(C)N3)CCC(C)(C)C2. The van der Waals surface area contributed by atoms with Crippen LogP contribution in [-0.4, -0.2) is 44.7 Å². The van der Waals surface area contributed by atoms with E-state index in [-0.39, 0.29) is 23.7 Å². The first-order valence-electron chi connectivity index (χ1n) is 12.1. The minimum absolute atomic E-state index is 0.0138. The molecule has 0 saturated heterocycles. The monoisotopic (exact) mass is 463 g/mol. The molecule has 0 fully saturated rings. The summed E-state index contributed by atoms with van der Waals surface area (Å²) in [6.07, 6.45) is 3.04. The number of nitrogens with one attached hydrogen (secondary N) is 2. The van der Waals surface area contributed by atoms with Crippen LogP contribution in [0.5, 0.6) is 0 Å². The molecule has 2 N–H and O–H groups in total. The van der Waals surface area contributed by atoms with Crippen LogP contribution in [0.3, 0.4) is 0 Å². The van der Waals surface area contributed by atoms with Crippen molar-refractivity contribution >= 4 is 17.3 Å². The molecule has 6 heteroatoms. The van der Waals surface area contributed by atoms with E-state index in [2.05, 4.69) is 43.5 Å². The number of carbonyl (C=O) groups excluding carboxylic acids is 1. The minimum Gasteiger partial charge on any atom is -0.387 e. The number of methoxy groups -OCH3 is 1. The van der Waals surface area contributed by atoms with E-state index in [1.807, 2.05) is 26.1 Å². The van der Waals surface area contributed by atoms with Crippen molar-refractivity contribution in [1.29, 1.82) is 0 Å². The molecule has 1 aliphatic carbocycles. The van der Waals surface area contributed by atoms with Gasteiger partial charge in [-0.05, 0) is 55.2 Å². The maximum Gasteiger partial charge on any atom is 0.187 e. The fraction of sp³-hybridized carbons (Fsp3) is 0.500. The van der Waals surface area contributed by atoms with Gasteiger partial charge in [0.2, 0.25) is 0 Å². The van der Waals surface area contributed by atoms with E-state index in [1.54, 1.807) is 7.11 Å². The summed E-state index contributed by atoms with van der Waals surface area (Å²) in [6.45, 7) is 9.60. The smallest absolute Gasteiger partial charge is 0.187 e. The third kappa shape index (κ3) is 4.62. The average Bonchev–Trinajstić information content (AvgIpc) is 2.80. The summed E-state index contributed by atoms with van der Waals surface area (Å²) in [4.78, 5) is 18.7. The molecule has 0 bridgehead atoms. The van der Waals surface area contributed by atoms with Crippen LogP contribution < -0.4 is 10.6 Å². The van der Waals surface area contributed by atoms with Crippen LogP contribution >= 0.6 is 0 Å². The summed E-state index contributed by atoms with van der Waals surface area (Å²) in [7, 11) is 3.61. The highest BCUT2D eigenvalue weighted by Gasteiger charge is 2.38. The molecular weight excluding hydrogens is 426 g/mol. The first-order valence-corrected chi connectivity index (χ1v) is 12.1. The standard InChI is InChI=1S/C28H37N3O3/c1-17-9-7-8-10-19(17)24-23(22(32)16-34-14-13-33-6)18(2)30-27-25(24)26(29-5)20-15-28(3,4)12-11-21(20)31-27/h7-10,24H,11-16H2,1-6H3,(H2,29,30,31). The molecule has 6 nitrogen and oxygen atoms in total. The predicted molar refractivity (Wildman–Crippen MR) is 137 cm³/mol. The number of anilines is 2. The maximum atomic E-state index is 13.6. The number of ketones is 1. The second kappa shape index (κ2) is 9.88. The second-order valence-electron chi connectivity index (χ2n) is 10.2. The molecule has 1 aromatic heterocycles. The topological polar surface area (TPSA) is 72.5 Å². The van der Waals surface area contributed by atoms with Crippen LogP contribution in [0.4, 0.5) is 11.5 Å². The summed E-state index contributed by atoms with van der Waals surface area (Å²) < 4.78 is 10.7. The number of hydrogen-bond donors (Lipinski definition) is 2. The lowest BCUT2D eigenvalue weighted by molar-refractivity contribution is -0.120. The Morgan fingerprint density at radius 2 is 2.00 bits per heavy atom. The third-order valence-corrected chi connectivity index (χ3v) is 7.12. The Bertz CT molecular complexity index is 1120. The van der Waals surface area contributed by atoms with E-state index in [0.29, 0.717) is 13.2 Å². The first kappa shape index (κ1) is 24.4. The van der Waals surface area contributed by atoms with Crippen molar-refractivity contribution in [3.05, 3.63) is 63.5 Å². The van der Waals surface area contributed by atoms with Gasteiger partial charge in [0, 0.05) is 48.3 Å². The summed E-state index contributed by atoms with van der Waals surface area (Å²) in [5, 5.41) is 7.00. The Balaban J connectivity index is 1.88. The number of ether oxygens (including phenoxy) is 2. The fourth-order valence-corrected chi connectivity index (χ4v) is 5.35. The van der Waals surface area contributed by atoms with E-state index in [4.69, 9.17) is 14.5 Å². The van der Waals surface area contributed by atoms with Crippen molar-refractivity contribution in [2.24, 2.45) is 5.41 Å². The highest BCUT2D eigenvalue weighted by Crippen LogP contribution is 2.49. The van der Waals surface area contributed by atoms with Gasteiger partial charge < -0.3 is 20.1 Å². The Morgan fingerprint density at radius 1 is 1.24 bits per heavy atom. The van der Waals surface area contributed by atoms with Gasteiger partial charge in [-0.25, -0.2) is 4.98 Å². The Hall–Kier alpha value is -2.70. The van der Waals surface area contributed by atoms with Crippen molar-refractivity contribution in [1.82, 2.24) is 4.98 Å². The molecule has 4 rings (SSSR count). The van der Waals surface area contributed by atoms with Crippen molar-refractivity contribution in [2.75, 3.05) is 44.6 Å². The summed E-state index contributed by atoms with van der Waals surface area (Å²) >= 11 is 0. The lowest BCUT2D eigenvalue weighted by atomic mass is 9.72. The quantitative estimate of drug-likeness (QED) is 0.536. The third-order valence-electron chi connectivity index (χ3n) is 7.12. The van der Waals surface area contributed by atoms with E-state index in [0.717, 1.165) is 64.4 Å². The van der Waals surface area contributed by atoms with Gasteiger partial charge in [-0.2, -0.15) is 0 Å². The van der Waals surface area contributed by atoms with Crippen molar-refractivity contribution in [3.8, 4) is 0 Å². The molecule has 1 aliphatic heterocycles. The summed E-state index contributed by atoms with van der Waals surface area (Å²) in [5.74, 6) is 0.617. The van der Waals surface area contributed by atoms with Crippen LogP contribution in [0.25, 0.3) is 0 Å². The van der Waals surface area contributed by atoms with Crippen LogP contribution in [0.1, 0.15) is 61.1 Å². The molecule has 34 heavy (non-hydrogen) atoms. The number of carbonyl (C=O) groups is 1. The normalized spacial score (nSPS) is 18.7. The second-order valence-corrected chi connectivity index (χ2v) is 10.2. The van der Waals surface area contributed by atoms with Gasteiger partial charge in [-0.3, -0.25) is 4.79 Å². The fourth-order valence-electron chi connectivity index (χ4n) is 5.35. The van der Waals surface area contributed by atoms with Gasteiger partial charge in [0.15, 0.2) is 5.78 Å². The number of pyridine rings is 1. The number of aromatic nitrogens is 1. The number of aryl methyl sites for hydroxylation is 2. The number of hydrogen-bond acceptors (Lipinski definition) is 6. The van der Waals surface area contributed by atoms with Crippen LogP contribution in [0, 0.1) is 12.3 Å². The Kier molecular flexibility index (Phi) is 7.10. The number of allylic oxidation sites excluding steroid dienone is 1. The van der Waals surface area contributed by atoms with Crippen molar-refractivity contribution in [3.63, 3.8) is 0 Å². The van der Waals surface area contributed by atoms with Gasteiger partial charge >= 0.3 is 0 Å². The summed E-state index contributed by atoms with van der Waals surface area (Å²) in [6, 6.07) is 8.33. The number of rotatable bonds is 8. The molecule has 0 radical (unpaired) electrons. The van der Waals surface area contributed by atoms with E-state index in [1.165, 1.54) is 5.56 Å². The molecule has 0 amide bonds. The lowest BCUT2D eigenvalue weighted by Crippen LogP contribution is -2.30. The van der Waals surface area contributed by atoms with Crippen LogP contribution in [0.15, 0.2) is 35.5 Å². The molecule has 2 heterocycles. The van der Waals surface area contributed by atoms with Crippen molar-refractivity contribution < 1.29 is 14.3 Å². The van der Waals surface area contributed by atoms with E-state index >= 15 is 0 Å². The van der Waals surface area contributed by atoms with Gasteiger partial charge in [0.05, 0.1) is 13.2 Å². The maximum absolute atomic E-state index is 13.6. The number of fused-ring (bicyclic) bond motifs is 2. The van der Waals surface area contributed by atoms with Crippen LogP contribution in [0.2, 0.25) is 0 Å². The number of Topliss-reactive ketones (excluding diaryl/α,β-unsaturated/α-hetero) is 1. The zero-order valence-corrected chi connectivity index (χ0v) is 21.3. The molecule has 182 valence electrons. The average molecular weight is 464 g/mol. The molecule has 1 atom stereocenters. The van der Waals surface area contributed by atoms with Gasteiger partial charge in [-0.1, -0.05) is 38.1 Å². The molecule has 1 unspecified atom stereocenters. The highest BCUT2D eigenvalue weighted by atomic mass is 16.5. The molecule has 0 saturated carbocycles. The van der Waals surface area contributed by atoms with Gasteiger partial charge in [0.25, 0.3) is 0 Å². The van der Waals surface area contributed by atoms with Crippen LogP contribution in [-0.2, 0) is 27.1 Å². The molecule has 2 aromatic rings. The highest BCUT2D eigenvalue weighted by molar-refractivity contribution is 6.01. The first-order chi connectivity index (χ1) is 16.3. The van der Waals surface area contributed by atoms with E-state index < -0.39 is 0 Å². The molecule has 2 aliphatic rings. The largest absolute Gasteiger partial charge is 0.387 e. The molecule has 1 aromatic carbocycles. The predicted octanol–water partition coefficient (Wildman–Crippen LogP) is 5.01. The lowest BCUT2D eigenvalue weighted by Gasteiger charge is -2.37. The van der Waals surface area contributed by atoms with Crippen molar-refractivity contribution in [2.45, 2.75) is 52.9 Å². The number of nitrogens with zero attached hydrogens (tertiary/aromatic N) is 1. The van der Waals surface area contributed by atoms with Gasteiger partial charge in [0.1, 0.15) is 12.4 Å². The molecular formula is C28H37N3O3.